The Bertz CT molecular complexity index is 1460. The predicted molar refractivity (Wildman–Crippen MR) is 131 cm³/mol. The first-order valence-electron chi connectivity index (χ1n) is 10.9. The summed E-state index contributed by atoms with van der Waals surface area (Å²) in [6, 6.07) is 17.7. The number of carbonyl (C=O) groups excluding carboxylic acids is 2. The van der Waals surface area contributed by atoms with Gasteiger partial charge >= 0.3 is 5.91 Å². The van der Waals surface area contributed by atoms with Gasteiger partial charge in [0.2, 0.25) is 0 Å². The molecule has 170 valence electrons. The molecular formula is C27H21FN2O3S. The second-order valence-corrected chi connectivity index (χ2v) is 9.25. The number of ketones is 1. The first kappa shape index (κ1) is 22.0. The lowest BCUT2D eigenvalue weighted by Crippen LogP contribution is -2.29. The summed E-state index contributed by atoms with van der Waals surface area (Å²) in [6.45, 7) is 4.02. The van der Waals surface area contributed by atoms with Crippen LogP contribution in [-0.4, -0.2) is 21.8 Å². The van der Waals surface area contributed by atoms with Crippen molar-refractivity contribution in [3.05, 3.63) is 100 Å². The summed E-state index contributed by atoms with van der Waals surface area (Å²) in [5.74, 6) is -2.37. The molecule has 5 nitrogen and oxygen atoms in total. The number of anilines is 1. The third-order valence-electron chi connectivity index (χ3n) is 6.00. The molecule has 3 aromatic carbocycles. The van der Waals surface area contributed by atoms with E-state index in [-0.39, 0.29) is 16.9 Å². The number of aliphatic hydroxyl groups is 1. The average molecular weight is 473 g/mol. The smallest absolute Gasteiger partial charge is 0.301 e. The number of aliphatic hydroxyl groups excluding tert-OH is 1. The molecule has 1 saturated heterocycles. The summed E-state index contributed by atoms with van der Waals surface area (Å²) in [5, 5.41) is 11.5. The third-order valence-corrected chi connectivity index (χ3v) is 7.02. The molecule has 7 heteroatoms. The number of thiazole rings is 1. The number of nitrogens with zero attached hydrogens (tertiary/aromatic N) is 2. The first-order valence-corrected chi connectivity index (χ1v) is 11.7. The Kier molecular flexibility index (Phi) is 5.49. The van der Waals surface area contributed by atoms with Crippen molar-refractivity contribution in [1.82, 2.24) is 4.98 Å². The Balaban J connectivity index is 1.72. The van der Waals surface area contributed by atoms with E-state index in [1.54, 1.807) is 0 Å². The fourth-order valence-corrected chi connectivity index (χ4v) is 5.26. The summed E-state index contributed by atoms with van der Waals surface area (Å²) in [4.78, 5) is 32.5. The van der Waals surface area contributed by atoms with Crippen molar-refractivity contribution in [3.63, 3.8) is 0 Å². The van der Waals surface area contributed by atoms with Gasteiger partial charge in [-0.3, -0.25) is 14.5 Å². The van der Waals surface area contributed by atoms with Gasteiger partial charge in [-0.25, -0.2) is 9.37 Å². The molecule has 0 bridgehead atoms. The molecule has 0 spiro atoms. The normalized spacial score (nSPS) is 17.6. The van der Waals surface area contributed by atoms with Gasteiger partial charge in [-0.1, -0.05) is 48.6 Å². The van der Waals surface area contributed by atoms with Crippen molar-refractivity contribution < 1.29 is 19.1 Å². The number of hydrogen-bond donors (Lipinski definition) is 1. The van der Waals surface area contributed by atoms with E-state index in [1.165, 1.54) is 40.5 Å². The lowest BCUT2D eigenvalue weighted by atomic mass is 9.94. The highest BCUT2D eigenvalue weighted by Gasteiger charge is 2.48. The molecule has 1 fully saturated rings. The van der Waals surface area contributed by atoms with Crippen LogP contribution in [0.15, 0.2) is 72.3 Å². The van der Waals surface area contributed by atoms with E-state index in [1.807, 2.05) is 56.3 Å². The van der Waals surface area contributed by atoms with Gasteiger partial charge < -0.3 is 5.11 Å². The zero-order chi connectivity index (χ0) is 24.0. The fraction of sp³-hybridized carbons (Fsp3) is 0.148. The Morgan fingerprint density at radius 3 is 2.44 bits per heavy atom. The number of amides is 1. The Hall–Kier alpha value is -3.84. The van der Waals surface area contributed by atoms with Gasteiger partial charge in [-0.2, -0.15) is 0 Å². The molecule has 1 amide bonds. The van der Waals surface area contributed by atoms with Crippen LogP contribution < -0.4 is 4.90 Å². The number of hydrogen-bond acceptors (Lipinski definition) is 5. The molecule has 4 aromatic rings. The minimum absolute atomic E-state index is 0.0451. The van der Waals surface area contributed by atoms with Crippen molar-refractivity contribution in [1.29, 1.82) is 0 Å². The highest BCUT2D eigenvalue weighted by Crippen LogP contribution is 2.44. The lowest BCUT2D eigenvalue weighted by molar-refractivity contribution is -0.132. The van der Waals surface area contributed by atoms with Crippen LogP contribution in [0.2, 0.25) is 0 Å². The SMILES string of the molecule is CCc1ccc(C2C(=C(O)c3ccc(F)cc3)C(=O)C(=O)N2c2nc3ccc(C)cc3s2)cc1. The summed E-state index contributed by atoms with van der Waals surface area (Å²) in [7, 11) is 0. The molecule has 1 atom stereocenters. The Morgan fingerprint density at radius 1 is 1.06 bits per heavy atom. The number of fused-ring (bicyclic) bond motifs is 1. The fourth-order valence-electron chi connectivity index (χ4n) is 4.17. The summed E-state index contributed by atoms with van der Waals surface area (Å²) in [6.07, 6.45) is 0.841. The van der Waals surface area contributed by atoms with Crippen molar-refractivity contribution >= 4 is 44.1 Å². The third kappa shape index (κ3) is 3.68. The van der Waals surface area contributed by atoms with Crippen LogP contribution in [-0.2, 0) is 16.0 Å². The Morgan fingerprint density at radius 2 is 1.76 bits per heavy atom. The van der Waals surface area contributed by atoms with Crippen molar-refractivity contribution in [2.45, 2.75) is 26.3 Å². The lowest BCUT2D eigenvalue weighted by Gasteiger charge is -2.23. The molecule has 1 aliphatic rings. The maximum Gasteiger partial charge on any atom is 0.301 e. The van der Waals surface area contributed by atoms with Crippen molar-refractivity contribution in [2.75, 3.05) is 4.90 Å². The van der Waals surface area contributed by atoms with Gasteiger partial charge in [-0.05, 0) is 66.4 Å². The van der Waals surface area contributed by atoms with Crippen LogP contribution in [0.25, 0.3) is 16.0 Å². The van der Waals surface area contributed by atoms with E-state index in [2.05, 4.69) is 4.98 Å². The highest BCUT2D eigenvalue weighted by atomic mass is 32.1. The molecule has 2 heterocycles. The second kappa shape index (κ2) is 8.50. The zero-order valence-electron chi connectivity index (χ0n) is 18.6. The molecule has 1 aromatic heterocycles. The quantitative estimate of drug-likeness (QED) is 0.227. The Labute approximate surface area is 199 Å². The van der Waals surface area contributed by atoms with E-state index < -0.39 is 23.5 Å². The van der Waals surface area contributed by atoms with E-state index in [0.717, 1.165) is 27.8 Å². The van der Waals surface area contributed by atoms with Crippen LogP contribution in [0.4, 0.5) is 9.52 Å². The van der Waals surface area contributed by atoms with E-state index in [9.17, 15) is 19.1 Å². The summed E-state index contributed by atoms with van der Waals surface area (Å²) in [5.41, 5.74) is 3.79. The van der Waals surface area contributed by atoms with E-state index >= 15 is 0 Å². The number of halogens is 1. The van der Waals surface area contributed by atoms with Crippen LogP contribution >= 0.6 is 11.3 Å². The monoisotopic (exact) mass is 472 g/mol. The minimum Gasteiger partial charge on any atom is -0.507 e. The molecule has 0 aliphatic carbocycles. The minimum atomic E-state index is -0.863. The molecule has 34 heavy (non-hydrogen) atoms. The van der Waals surface area contributed by atoms with Crippen molar-refractivity contribution in [3.8, 4) is 0 Å². The topological polar surface area (TPSA) is 70.5 Å². The van der Waals surface area contributed by atoms with Gasteiger partial charge in [0.25, 0.3) is 5.78 Å². The number of aromatic nitrogens is 1. The van der Waals surface area contributed by atoms with Gasteiger partial charge in [-0.15, -0.1) is 0 Å². The zero-order valence-corrected chi connectivity index (χ0v) is 19.4. The number of aryl methyl sites for hydroxylation is 2. The standard InChI is InChI=1S/C27H21FN2O3S/c1-3-16-5-7-17(8-6-16)23-22(24(31)18-9-11-19(28)12-10-18)25(32)26(33)30(23)27-29-20-13-4-15(2)14-21(20)34-27/h4-14,23,31H,3H2,1-2H3. The maximum atomic E-state index is 13.5. The number of Topliss-reactive ketones (excluding diaryl/α,β-unsaturated/α-hetero) is 1. The molecule has 0 saturated carbocycles. The maximum absolute atomic E-state index is 13.5. The number of benzene rings is 3. The van der Waals surface area contributed by atoms with Crippen LogP contribution in [0.1, 0.15) is 35.2 Å². The molecule has 0 radical (unpaired) electrons. The van der Waals surface area contributed by atoms with Crippen LogP contribution in [0, 0.1) is 12.7 Å². The molecular weight excluding hydrogens is 451 g/mol. The van der Waals surface area contributed by atoms with Gasteiger partial charge in [0.1, 0.15) is 11.6 Å². The average Bonchev–Trinajstić information content (AvgIpc) is 3.37. The predicted octanol–water partition coefficient (Wildman–Crippen LogP) is 5.93. The largest absolute Gasteiger partial charge is 0.507 e. The van der Waals surface area contributed by atoms with Gasteiger partial charge in [0.05, 0.1) is 21.8 Å². The number of rotatable bonds is 4. The van der Waals surface area contributed by atoms with E-state index in [0.29, 0.717) is 10.7 Å². The van der Waals surface area contributed by atoms with Crippen LogP contribution in [0.3, 0.4) is 0 Å². The van der Waals surface area contributed by atoms with Crippen molar-refractivity contribution in [2.24, 2.45) is 0 Å². The molecule has 5 rings (SSSR count). The second-order valence-electron chi connectivity index (χ2n) is 8.24. The van der Waals surface area contributed by atoms with Crippen LogP contribution in [0.5, 0.6) is 0 Å². The molecule has 1 aliphatic heterocycles. The molecule has 1 unspecified atom stereocenters. The van der Waals surface area contributed by atoms with Gasteiger partial charge in [0.15, 0.2) is 5.13 Å². The van der Waals surface area contributed by atoms with Gasteiger partial charge in [0, 0.05) is 5.56 Å². The molecule has 1 N–H and O–H groups in total. The number of carbonyl (C=O) groups is 2. The first-order chi connectivity index (χ1) is 16.4. The highest BCUT2D eigenvalue weighted by molar-refractivity contribution is 7.22. The summed E-state index contributed by atoms with van der Waals surface area (Å²) >= 11 is 1.32. The van der Waals surface area contributed by atoms with E-state index in [4.69, 9.17) is 0 Å². The summed E-state index contributed by atoms with van der Waals surface area (Å²) < 4.78 is 14.4.